The van der Waals surface area contributed by atoms with Crippen molar-refractivity contribution in [3.8, 4) is 0 Å². The first-order valence-electron chi connectivity index (χ1n) is 38.2. The van der Waals surface area contributed by atoms with Gasteiger partial charge < -0.3 is 60.0 Å². The monoisotopic (exact) mass is 1530 g/mol. The molecule has 0 aromatic rings. The Morgan fingerprint density at radius 2 is 1.22 bits per heavy atom. The van der Waals surface area contributed by atoms with Gasteiger partial charge in [-0.15, -0.1) is 0 Å². The zero-order chi connectivity index (χ0) is 79.9. The van der Waals surface area contributed by atoms with E-state index in [1.165, 1.54) is 76.0 Å². The van der Waals surface area contributed by atoms with Crippen LogP contribution in [-0.2, 0) is 57.5 Å². The van der Waals surface area contributed by atoms with E-state index in [2.05, 4.69) is 16.0 Å². The third kappa shape index (κ3) is 21.0. The largest absolute Gasteiger partial charge is 0.397 e. The van der Waals surface area contributed by atoms with E-state index in [1.807, 2.05) is 27.7 Å². The van der Waals surface area contributed by atoms with Crippen LogP contribution in [0.1, 0.15) is 183 Å². The number of nitrogens with one attached hydrogen (secondary N) is 3. The number of carbonyl (C=O) groups excluding carboxylic acids is 12. The molecule has 0 aromatic heterocycles. The topological polar surface area (TPSA) is 270 Å². The van der Waals surface area contributed by atoms with E-state index in [-0.39, 0.29) is 102 Å². The lowest BCUT2D eigenvalue weighted by Crippen LogP contribution is -2.71. The standard InChI is InChI=1S/C75H116F8N12O12/c1-15-44(4)61-69(105)89(10)40-59(98)90(11)53-24-17-16-20-32-95(68(53)104)56(37-45-26-29-48(30-27-45)74(78,79)80)67(103)88(9)39-57(96)84-51(31-28-46-35-49(76)60(50(77)36-46)75(81,82)83)65(101)94-33-21-25-52(94)64(100)86-73(41-72(5,6)42-73)71(107)93(14)62(47-22-18-19-23-47)70(106)92(13)55(66(102)87(7)8)38-58(97)91(12)54(34-43(2)3)63(99)85-61/h16-17,43-56,60-62H,15,18-42H2,1-14H3,(H,84,96)(H,85,99)(H,86,100)/b17-16-/t44-,45?,46?,48?,49?,50?,51-,52-,53-,54-,55-,56-,60?,61-,62-/m0/s1. The number of fused-ring (bicyclic) bond motifs is 3. The van der Waals surface area contributed by atoms with Gasteiger partial charge in [0, 0.05) is 69.5 Å². The zero-order valence-corrected chi connectivity index (χ0v) is 64.8. The molecule has 11 atom stereocenters. The highest BCUT2D eigenvalue weighted by molar-refractivity contribution is 6.01. The molecule has 4 aliphatic carbocycles. The van der Waals surface area contributed by atoms with E-state index in [9.17, 15) is 55.1 Å². The van der Waals surface area contributed by atoms with Crippen LogP contribution in [0.15, 0.2) is 12.2 Å². The maximum atomic E-state index is 15.6. The molecule has 6 fully saturated rings. The van der Waals surface area contributed by atoms with Crippen LogP contribution >= 0.6 is 0 Å². The Morgan fingerprint density at radius 1 is 0.617 bits per heavy atom. The molecule has 12 amide bonds. The van der Waals surface area contributed by atoms with Gasteiger partial charge in [-0.2, -0.15) is 26.3 Å². The Kier molecular flexibility index (Phi) is 29.4. The predicted octanol–water partition coefficient (Wildman–Crippen LogP) is 6.97. The van der Waals surface area contributed by atoms with E-state index in [1.54, 1.807) is 26.0 Å². The Bertz CT molecular complexity index is 3230. The molecule has 2 bridgehead atoms. The van der Waals surface area contributed by atoms with Crippen LogP contribution < -0.4 is 16.0 Å². The maximum Gasteiger partial charge on any atom is 0.397 e. The van der Waals surface area contributed by atoms with E-state index in [0.717, 1.165) is 24.5 Å². The van der Waals surface area contributed by atoms with Crippen LogP contribution in [0.3, 0.4) is 0 Å². The highest BCUT2D eigenvalue weighted by Crippen LogP contribution is 2.50. The number of carbonyl (C=O) groups is 12. The molecule has 2 saturated heterocycles. The summed E-state index contributed by atoms with van der Waals surface area (Å²) in [6.07, 6.45) is -12.2. The quantitative estimate of drug-likeness (QED) is 0.140. The summed E-state index contributed by atoms with van der Waals surface area (Å²) in [5.41, 5.74) is -2.28. The first kappa shape index (κ1) is 87.1. The Hall–Kier alpha value is -7.18. The second kappa shape index (κ2) is 36.1. The highest BCUT2D eigenvalue weighted by Gasteiger charge is 2.60. The summed E-state index contributed by atoms with van der Waals surface area (Å²) >= 11 is 0. The van der Waals surface area contributed by atoms with Gasteiger partial charge in [0.2, 0.25) is 70.9 Å². The summed E-state index contributed by atoms with van der Waals surface area (Å²) in [7, 11) is 10.9. The average Bonchev–Trinajstić information content (AvgIpc) is 1.30. The van der Waals surface area contributed by atoms with Gasteiger partial charge in [0.15, 0.2) is 0 Å². The second-order valence-electron chi connectivity index (χ2n) is 33.2. The van der Waals surface area contributed by atoms with Gasteiger partial charge in [-0.1, -0.05) is 73.0 Å². The average molecular weight is 1530 g/mol. The normalized spacial score (nSPS) is 32.0. The Labute approximate surface area is 624 Å². The number of nitrogens with zero attached hydrogens (tertiary/aromatic N) is 9. The molecule has 3 aliphatic heterocycles. The molecule has 604 valence electrons. The first-order valence-corrected chi connectivity index (χ1v) is 38.2. The number of hydrogen-bond acceptors (Lipinski definition) is 12. The van der Waals surface area contributed by atoms with E-state index >= 15 is 37.5 Å². The molecular formula is C75H116F8N12O12. The SMILES string of the molecule is CC[C@H](C)[C@@H]1NC(=O)[C@H](CC(C)C)N(C)C(=O)C[C@@H](C(=O)N(C)C)N(C)C(=O)[C@H](C2CCCC2)N(C)C(=O)C2(CC(C)(C)C2)NC(=O)[C@@H]2CCCN2C(=O)[C@H](CCC2CC(F)C(C(F)(F)F)C(F)C2)NC(=O)CN(C)C(=O)[C@H](CC2CCC(C(F)(F)F)CC2)N2CC/C=C\C[C@@H](C2=O)N(C)C(=O)CN(C)C1=O. The Morgan fingerprint density at radius 3 is 1.79 bits per heavy atom. The number of hydrogen-bond donors (Lipinski definition) is 3. The minimum absolute atomic E-state index is 0.00270. The fourth-order valence-electron chi connectivity index (χ4n) is 17.6. The summed E-state index contributed by atoms with van der Waals surface area (Å²) in [6, 6.07) is -11.2. The smallest absolute Gasteiger partial charge is 0.347 e. The maximum absolute atomic E-state index is 15.6. The van der Waals surface area contributed by atoms with Crippen LogP contribution in [0.4, 0.5) is 35.1 Å². The first-order chi connectivity index (χ1) is 49.8. The summed E-state index contributed by atoms with van der Waals surface area (Å²) in [4.78, 5) is 191. The summed E-state index contributed by atoms with van der Waals surface area (Å²) in [6.45, 7) is 9.09. The summed E-state index contributed by atoms with van der Waals surface area (Å²) in [5.74, 6) is -16.8. The fourth-order valence-corrected chi connectivity index (χ4v) is 17.6. The van der Waals surface area contributed by atoms with Gasteiger partial charge in [-0.25, -0.2) is 8.78 Å². The molecule has 0 aromatic carbocycles. The molecule has 0 radical (unpaired) electrons. The van der Waals surface area contributed by atoms with Gasteiger partial charge >= 0.3 is 12.4 Å². The molecule has 3 N–H and O–H groups in total. The minimum atomic E-state index is -5.20. The summed E-state index contributed by atoms with van der Waals surface area (Å²) in [5, 5.41) is 8.46. The highest BCUT2D eigenvalue weighted by atomic mass is 19.4. The summed E-state index contributed by atoms with van der Waals surface area (Å²) < 4.78 is 115. The van der Waals surface area contributed by atoms with Gasteiger partial charge in [0.1, 0.15) is 72.1 Å². The van der Waals surface area contributed by atoms with Crippen molar-refractivity contribution in [1.82, 2.24) is 60.0 Å². The molecule has 3 heterocycles. The van der Waals surface area contributed by atoms with Crippen molar-refractivity contribution in [2.24, 2.45) is 46.8 Å². The van der Waals surface area contributed by atoms with Crippen molar-refractivity contribution in [2.75, 3.05) is 82.6 Å². The van der Waals surface area contributed by atoms with Crippen LogP contribution in [-0.4, -0.2) is 276 Å². The molecule has 4 saturated carbocycles. The molecule has 107 heavy (non-hydrogen) atoms. The van der Waals surface area contributed by atoms with Crippen LogP contribution in [0.5, 0.6) is 0 Å². The fraction of sp³-hybridized carbons (Fsp3) is 0.813. The Balaban J connectivity index is 1.32. The number of halogens is 8. The second-order valence-corrected chi connectivity index (χ2v) is 33.2. The molecule has 1 spiro atoms. The molecule has 7 rings (SSSR count). The van der Waals surface area contributed by atoms with Crippen LogP contribution in [0.2, 0.25) is 0 Å². The van der Waals surface area contributed by atoms with Crippen molar-refractivity contribution in [1.29, 1.82) is 0 Å². The minimum Gasteiger partial charge on any atom is -0.347 e. The molecule has 32 heteroatoms. The molecule has 7 aliphatic rings. The van der Waals surface area contributed by atoms with E-state index in [4.69, 9.17) is 0 Å². The van der Waals surface area contributed by atoms with Crippen molar-refractivity contribution in [3.63, 3.8) is 0 Å². The van der Waals surface area contributed by atoms with Crippen molar-refractivity contribution < 1.29 is 92.7 Å². The van der Waals surface area contributed by atoms with Crippen molar-refractivity contribution >= 4 is 70.9 Å². The molecule has 2 unspecified atom stereocenters. The lowest BCUT2D eigenvalue weighted by atomic mass is 9.58. The lowest BCUT2D eigenvalue weighted by Gasteiger charge is -2.54. The van der Waals surface area contributed by atoms with Gasteiger partial charge in [-0.05, 0) is 151 Å². The van der Waals surface area contributed by atoms with Crippen molar-refractivity contribution in [3.05, 3.63) is 12.2 Å². The predicted molar refractivity (Wildman–Crippen MR) is 379 cm³/mol. The van der Waals surface area contributed by atoms with Gasteiger partial charge in [0.05, 0.1) is 25.4 Å². The number of alkyl halides is 8. The van der Waals surface area contributed by atoms with Crippen molar-refractivity contribution in [2.45, 2.75) is 261 Å². The lowest BCUT2D eigenvalue weighted by molar-refractivity contribution is -0.219. The van der Waals surface area contributed by atoms with E-state index < -0.39 is 229 Å². The molecule has 24 nitrogen and oxygen atoms in total. The zero-order valence-electron chi connectivity index (χ0n) is 64.8. The third-order valence-electron chi connectivity index (χ3n) is 23.8. The van der Waals surface area contributed by atoms with Gasteiger partial charge in [-0.3, -0.25) is 57.5 Å². The number of amides is 12. The third-order valence-corrected chi connectivity index (χ3v) is 23.8. The molecular weight excluding hydrogens is 1410 g/mol. The number of rotatable bonds is 11. The number of likely N-dealkylation sites (N-methyl/N-ethyl adjacent to an activating group) is 7. The van der Waals surface area contributed by atoms with Gasteiger partial charge in [0.25, 0.3) is 0 Å². The van der Waals surface area contributed by atoms with Crippen LogP contribution in [0.25, 0.3) is 0 Å². The van der Waals surface area contributed by atoms with Crippen LogP contribution in [0, 0.1) is 46.8 Å². The van der Waals surface area contributed by atoms with E-state index in [0.29, 0.717) is 32.1 Å².